The van der Waals surface area contributed by atoms with Gasteiger partial charge in [-0.3, -0.25) is 0 Å². The second kappa shape index (κ2) is 10.9. The van der Waals surface area contributed by atoms with Crippen molar-refractivity contribution in [3.63, 3.8) is 0 Å². The summed E-state index contributed by atoms with van der Waals surface area (Å²) in [6.07, 6.45) is 3.99. The molecule has 0 spiro atoms. The average molecular weight is 440 g/mol. The number of carbonyl (C=O) groups is 2. The predicted octanol–water partition coefficient (Wildman–Crippen LogP) is 5.57. The van der Waals surface area contributed by atoms with Gasteiger partial charge in [-0.25, -0.2) is 9.59 Å². The third-order valence-corrected chi connectivity index (χ3v) is 5.53. The molecule has 1 aromatic rings. The zero-order valence-corrected chi connectivity index (χ0v) is 19.5. The van der Waals surface area contributed by atoms with Crippen molar-refractivity contribution in [3.05, 3.63) is 28.8 Å². The molecule has 1 aromatic carbocycles. The number of halogens is 1. The van der Waals surface area contributed by atoms with Gasteiger partial charge in [0.15, 0.2) is 0 Å². The zero-order valence-electron chi connectivity index (χ0n) is 18.7. The molecule has 30 heavy (non-hydrogen) atoms. The molecule has 1 unspecified atom stereocenters. The number of carbonyl (C=O) groups excluding carboxylic acids is 2. The lowest BCUT2D eigenvalue weighted by atomic mass is 9.89. The summed E-state index contributed by atoms with van der Waals surface area (Å²) in [5, 5.41) is 0.323. The Kier molecular flexibility index (Phi) is 8.83. The molecule has 0 aliphatic carbocycles. The molecule has 1 heterocycles. The summed E-state index contributed by atoms with van der Waals surface area (Å²) in [5.74, 6) is 1.20. The van der Waals surface area contributed by atoms with E-state index in [1.54, 1.807) is 18.2 Å². The molecule has 0 saturated carbocycles. The highest BCUT2D eigenvalue weighted by Gasteiger charge is 2.27. The maximum atomic E-state index is 12.2. The maximum Gasteiger partial charge on any atom is 0.410 e. The summed E-state index contributed by atoms with van der Waals surface area (Å²) in [4.78, 5) is 25.6. The van der Waals surface area contributed by atoms with E-state index in [4.69, 9.17) is 25.8 Å². The lowest BCUT2D eigenvalue weighted by molar-refractivity contribution is 0.0178. The number of amides is 1. The first-order valence-electron chi connectivity index (χ1n) is 10.6. The van der Waals surface area contributed by atoms with Crippen molar-refractivity contribution in [1.82, 2.24) is 4.90 Å². The fourth-order valence-electron chi connectivity index (χ4n) is 3.43. The monoisotopic (exact) mass is 439 g/mol. The summed E-state index contributed by atoms with van der Waals surface area (Å²) < 4.78 is 16.0. The van der Waals surface area contributed by atoms with Crippen LogP contribution in [0.25, 0.3) is 0 Å². The van der Waals surface area contributed by atoms with E-state index < -0.39 is 11.6 Å². The molecule has 0 aromatic heterocycles. The highest BCUT2D eigenvalue weighted by atomic mass is 35.5. The van der Waals surface area contributed by atoms with E-state index in [-0.39, 0.29) is 6.09 Å². The molecule has 7 heteroatoms. The number of ether oxygens (including phenoxy) is 3. The summed E-state index contributed by atoms with van der Waals surface area (Å²) in [6, 6.07) is 5.00. The molecule has 1 fully saturated rings. The van der Waals surface area contributed by atoms with Crippen LogP contribution in [0.15, 0.2) is 18.2 Å². The van der Waals surface area contributed by atoms with Gasteiger partial charge in [-0.2, -0.15) is 0 Å². The van der Waals surface area contributed by atoms with Crippen LogP contribution in [-0.4, -0.2) is 49.4 Å². The minimum Gasteiger partial charge on any atom is -0.493 e. The first-order valence-corrected chi connectivity index (χ1v) is 11.0. The van der Waals surface area contributed by atoms with Crippen molar-refractivity contribution < 1.29 is 23.8 Å². The van der Waals surface area contributed by atoms with E-state index in [1.165, 1.54) is 7.11 Å². The molecule has 0 radical (unpaired) electrons. The number of hydrogen-bond acceptors (Lipinski definition) is 5. The molecule has 1 aliphatic rings. The molecule has 1 aliphatic heterocycles. The SMILES string of the molecule is COC(=O)c1ccc(OCC(C)CCC2CCN(C(=O)OC(C)(C)C)CC2)cc1Cl. The Balaban J connectivity index is 1.69. The van der Waals surface area contributed by atoms with E-state index in [1.807, 2.05) is 25.7 Å². The van der Waals surface area contributed by atoms with Crippen LogP contribution in [0.1, 0.15) is 63.7 Å². The molecule has 0 bridgehead atoms. The Bertz CT molecular complexity index is 723. The van der Waals surface area contributed by atoms with Crippen molar-refractivity contribution in [1.29, 1.82) is 0 Å². The van der Waals surface area contributed by atoms with E-state index in [0.717, 1.165) is 38.8 Å². The van der Waals surface area contributed by atoms with Gasteiger partial charge in [0.25, 0.3) is 0 Å². The van der Waals surface area contributed by atoms with Crippen LogP contribution in [0.3, 0.4) is 0 Å². The van der Waals surface area contributed by atoms with Crippen LogP contribution in [0.2, 0.25) is 5.02 Å². The number of likely N-dealkylation sites (tertiary alicyclic amines) is 1. The van der Waals surface area contributed by atoms with Crippen LogP contribution in [0.5, 0.6) is 5.75 Å². The molecule has 0 N–H and O–H groups in total. The van der Waals surface area contributed by atoms with Crippen LogP contribution in [0, 0.1) is 11.8 Å². The summed E-state index contributed by atoms with van der Waals surface area (Å²) in [5.41, 5.74) is -0.120. The van der Waals surface area contributed by atoms with Crippen LogP contribution < -0.4 is 4.74 Å². The van der Waals surface area contributed by atoms with Gasteiger partial charge in [0, 0.05) is 13.1 Å². The Morgan fingerprint density at radius 2 is 1.90 bits per heavy atom. The van der Waals surface area contributed by atoms with E-state index in [9.17, 15) is 9.59 Å². The fraction of sp³-hybridized carbons (Fsp3) is 0.652. The van der Waals surface area contributed by atoms with Crippen molar-refractivity contribution in [3.8, 4) is 5.75 Å². The van der Waals surface area contributed by atoms with Crippen molar-refractivity contribution in [2.45, 2.75) is 59.0 Å². The standard InChI is InChI=1S/C23H34ClNO5/c1-16(15-29-18-8-9-19(20(24)14-18)21(26)28-5)6-7-17-10-12-25(13-11-17)22(27)30-23(2,3)4/h8-9,14,16-17H,6-7,10-13,15H2,1-5H3. The smallest absolute Gasteiger partial charge is 0.410 e. The summed E-state index contributed by atoms with van der Waals surface area (Å²) in [6.45, 7) is 9.95. The van der Waals surface area contributed by atoms with Crippen LogP contribution in [-0.2, 0) is 9.47 Å². The second-order valence-electron chi connectivity index (χ2n) is 9.04. The fourth-order valence-corrected chi connectivity index (χ4v) is 3.68. The average Bonchev–Trinajstić information content (AvgIpc) is 2.69. The minimum atomic E-state index is -0.461. The maximum absolute atomic E-state index is 12.2. The van der Waals surface area contributed by atoms with Gasteiger partial charge in [0.1, 0.15) is 11.4 Å². The molecule has 168 valence electrons. The number of rotatable bonds is 7. The number of methoxy groups -OCH3 is 1. The Hall–Kier alpha value is -1.95. The van der Waals surface area contributed by atoms with E-state index >= 15 is 0 Å². The number of nitrogens with zero attached hydrogens (tertiary/aromatic N) is 1. The largest absolute Gasteiger partial charge is 0.493 e. The topological polar surface area (TPSA) is 65.1 Å². The molecule has 1 saturated heterocycles. The highest BCUT2D eigenvalue weighted by Crippen LogP contribution is 2.27. The number of hydrogen-bond donors (Lipinski definition) is 0. The Labute approximate surface area is 184 Å². The number of benzene rings is 1. The molecular weight excluding hydrogens is 406 g/mol. The summed E-state index contributed by atoms with van der Waals surface area (Å²) in [7, 11) is 1.33. The third-order valence-electron chi connectivity index (χ3n) is 5.21. The highest BCUT2D eigenvalue weighted by molar-refractivity contribution is 6.33. The van der Waals surface area contributed by atoms with Gasteiger partial charge in [-0.05, 0) is 76.5 Å². The molecular formula is C23H34ClNO5. The predicted molar refractivity (Wildman–Crippen MR) is 117 cm³/mol. The van der Waals surface area contributed by atoms with E-state index in [2.05, 4.69) is 6.92 Å². The van der Waals surface area contributed by atoms with Gasteiger partial charge in [-0.15, -0.1) is 0 Å². The lowest BCUT2D eigenvalue weighted by Gasteiger charge is -2.33. The van der Waals surface area contributed by atoms with Crippen molar-refractivity contribution in [2.24, 2.45) is 11.8 Å². The van der Waals surface area contributed by atoms with Gasteiger partial charge in [0.05, 0.1) is 24.3 Å². The van der Waals surface area contributed by atoms with Crippen LogP contribution in [0.4, 0.5) is 4.79 Å². The lowest BCUT2D eigenvalue weighted by Crippen LogP contribution is -2.41. The molecule has 1 atom stereocenters. The van der Waals surface area contributed by atoms with Gasteiger partial charge in [0.2, 0.25) is 0 Å². The van der Waals surface area contributed by atoms with Gasteiger partial charge in [-0.1, -0.05) is 18.5 Å². The van der Waals surface area contributed by atoms with Crippen molar-refractivity contribution >= 4 is 23.7 Å². The number of esters is 1. The van der Waals surface area contributed by atoms with E-state index in [0.29, 0.717) is 34.8 Å². The summed E-state index contributed by atoms with van der Waals surface area (Å²) >= 11 is 6.13. The number of piperidine rings is 1. The zero-order chi connectivity index (χ0) is 22.3. The first-order chi connectivity index (χ1) is 14.1. The van der Waals surface area contributed by atoms with Crippen molar-refractivity contribution in [2.75, 3.05) is 26.8 Å². The Morgan fingerprint density at radius 1 is 1.23 bits per heavy atom. The quantitative estimate of drug-likeness (QED) is 0.519. The molecule has 1 amide bonds. The normalized spacial score (nSPS) is 16.1. The first kappa shape index (κ1) is 24.3. The Morgan fingerprint density at radius 3 is 2.47 bits per heavy atom. The second-order valence-corrected chi connectivity index (χ2v) is 9.44. The molecule has 6 nitrogen and oxygen atoms in total. The van der Waals surface area contributed by atoms with Gasteiger partial charge >= 0.3 is 12.1 Å². The minimum absolute atomic E-state index is 0.209. The third kappa shape index (κ3) is 7.71. The van der Waals surface area contributed by atoms with Gasteiger partial charge < -0.3 is 19.1 Å². The van der Waals surface area contributed by atoms with Crippen LogP contribution >= 0.6 is 11.6 Å². The molecule has 2 rings (SSSR count).